The molecule has 0 radical (unpaired) electrons. The number of aryl methyl sites for hydroxylation is 1. The fraction of sp³-hybridized carbons (Fsp3) is 0.280. The molecule has 1 aromatic carbocycles. The van der Waals surface area contributed by atoms with Crippen LogP contribution in [0.3, 0.4) is 0 Å². The predicted octanol–water partition coefficient (Wildman–Crippen LogP) is 3.16. The minimum atomic E-state index is -4.00. The summed E-state index contributed by atoms with van der Waals surface area (Å²) in [5.74, 6) is 1.57. The summed E-state index contributed by atoms with van der Waals surface area (Å²) in [6.45, 7) is 3.17. The summed E-state index contributed by atoms with van der Waals surface area (Å²) in [6, 6.07) is 13.4. The van der Waals surface area contributed by atoms with Crippen LogP contribution in [0.4, 0.5) is 0 Å². The van der Waals surface area contributed by atoms with Crippen molar-refractivity contribution in [3.8, 4) is 34.8 Å². The first-order valence-corrected chi connectivity index (χ1v) is 12.9. The summed E-state index contributed by atoms with van der Waals surface area (Å²) < 4.78 is 45.3. The first-order valence-electron chi connectivity index (χ1n) is 11.2. The van der Waals surface area contributed by atoms with Crippen LogP contribution in [0, 0.1) is 18.3 Å². The summed E-state index contributed by atoms with van der Waals surface area (Å²) in [5.41, 5.74) is 0.828. The average Bonchev–Trinajstić information content (AvgIpc) is 3.52. The van der Waals surface area contributed by atoms with E-state index in [0.717, 1.165) is 0 Å². The Morgan fingerprint density at radius 1 is 1.11 bits per heavy atom. The minimum absolute atomic E-state index is 0.0682. The highest BCUT2D eigenvalue weighted by Gasteiger charge is 2.33. The van der Waals surface area contributed by atoms with Crippen LogP contribution in [0.5, 0.6) is 11.5 Å². The molecule has 2 atom stereocenters. The van der Waals surface area contributed by atoms with Crippen molar-refractivity contribution in [1.82, 2.24) is 19.7 Å². The van der Waals surface area contributed by atoms with Gasteiger partial charge in [0.1, 0.15) is 40.9 Å². The Bertz CT molecular complexity index is 1530. The quantitative estimate of drug-likeness (QED) is 0.346. The SMILES string of the molecule is COc1cccc(OC)c1-n1c(CS(=O)(=O)[C@@H](C)[C@@H](O)c2ccc(C#N)cn2)nnc1-c1ccc(C)o1. The Morgan fingerprint density at radius 3 is 2.35 bits per heavy atom. The van der Waals surface area contributed by atoms with Gasteiger partial charge >= 0.3 is 0 Å². The number of methoxy groups -OCH3 is 2. The molecule has 0 spiro atoms. The van der Waals surface area contributed by atoms with Crippen molar-refractivity contribution in [1.29, 1.82) is 5.26 Å². The zero-order chi connectivity index (χ0) is 26.7. The monoisotopic (exact) mass is 523 g/mol. The normalized spacial score (nSPS) is 13.1. The van der Waals surface area contributed by atoms with E-state index < -0.39 is 26.9 Å². The minimum Gasteiger partial charge on any atom is -0.494 e. The number of nitriles is 1. The van der Waals surface area contributed by atoms with Crippen LogP contribution < -0.4 is 9.47 Å². The van der Waals surface area contributed by atoms with Gasteiger partial charge < -0.3 is 19.0 Å². The maximum atomic E-state index is 13.5. The summed E-state index contributed by atoms with van der Waals surface area (Å²) >= 11 is 0. The maximum absolute atomic E-state index is 13.5. The number of sulfone groups is 1. The van der Waals surface area contributed by atoms with Crippen LogP contribution in [0.1, 0.15) is 35.9 Å². The molecule has 3 aromatic heterocycles. The van der Waals surface area contributed by atoms with Crippen molar-refractivity contribution in [2.75, 3.05) is 14.2 Å². The van der Waals surface area contributed by atoms with E-state index in [1.807, 2.05) is 6.07 Å². The lowest BCUT2D eigenvalue weighted by molar-refractivity contribution is 0.171. The lowest BCUT2D eigenvalue weighted by Crippen LogP contribution is -2.28. The third kappa shape index (κ3) is 5.04. The van der Waals surface area contributed by atoms with E-state index in [-0.39, 0.29) is 17.3 Å². The number of aliphatic hydroxyl groups excluding tert-OH is 1. The Kier molecular flexibility index (Phi) is 7.28. The van der Waals surface area contributed by atoms with Gasteiger partial charge in [-0.3, -0.25) is 9.55 Å². The Hall–Kier alpha value is -4.21. The van der Waals surface area contributed by atoms with Crippen molar-refractivity contribution >= 4 is 9.84 Å². The highest BCUT2D eigenvalue weighted by molar-refractivity contribution is 7.91. The van der Waals surface area contributed by atoms with Crippen LogP contribution in [-0.2, 0) is 15.6 Å². The Labute approximate surface area is 213 Å². The molecule has 0 bridgehead atoms. The van der Waals surface area contributed by atoms with Gasteiger partial charge in [-0.15, -0.1) is 10.2 Å². The molecular formula is C25H25N5O6S. The van der Waals surface area contributed by atoms with Gasteiger partial charge in [0.2, 0.25) is 5.82 Å². The second-order valence-corrected chi connectivity index (χ2v) is 10.6. The second-order valence-electron chi connectivity index (χ2n) is 8.24. The summed E-state index contributed by atoms with van der Waals surface area (Å²) in [7, 11) is -1.03. The van der Waals surface area contributed by atoms with Crippen LogP contribution in [0.15, 0.2) is 53.1 Å². The number of ether oxygens (including phenoxy) is 2. The highest BCUT2D eigenvalue weighted by Crippen LogP contribution is 2.37. The molecule has 4 aromatic rings. The summed E-state index contributed by atoms with van der Waals surface area (Å²) in [5, 5.41) is 26.9. The van der Waals surface area contributed by atoms with Crippen molar-refractivity contribution in [2.45, 2.75) is 31.0 Å². The van der Waals surface area contributed by atoms with E-state index in [1.165, 1.54) is 44.0 Å². The fourth-order valence-electron chi connectivity index (χ4n) is 3.81. The van der Waals surface area contributed by atoms with Gasteiger partial charge in [0.05, 0.1) is 30.7 Å². The topological polar surface area (TPSA) is 153 Å². The largest absolute Gasteiger partial charge is 0.494 e. The molecule has 0 aliphatic heterocycles. The number of benzene rings is 1. The summed E-state index contributed by atoms with van der Waals surface area (Å²) in [4.78, 5) is 4.03. The van der Waals surface area contributed by atoms with E-state index in [2.05, 4.69) is 15.2 Å². The van der Waals surface area contributed by atoms with Gasteiger partial charge in [-0.05, 0) is 50.2 Å². The molecule has 1 N–H and O–H groups in total. The van der Waals surface area contributed by atoms with Crippen molar-refractivity contribution < 1.29 is 27.4 Å². The first-order chi connectivity index (χ1) is 17.7. The van der Waals surface area contributed by atoms with Crippen LogP contribution in [0.25, 0.3) is 17.3 Å². The lowest BCUT2D eigenvalue weighted by Gasteiger charge is -2.20. The molecule has 3 heterocycles. The van der Waals surface area contributed by atoms with Gasteiger partial charge in [0.15, 0.2) is 21.4 Å². The van der Waals surface area contributed by atoms with E-state index in [1.54, 1.807) is 37.3 Å². The zero-order valence-electron chi connectivity index (χ0n) is 20.6. The number of aliphatic hydroxyl groups is 1. The molecule has 0 fully saturated rings. The number of hydrogen-bond donors (Lipinski definition) is 1. The highest BCUT2D eigenvalue weighted by atomic mass is 32.2. The van der Waals surface area contributed by atoms with E-state index >= 15 is 0 Å². The number of nitrogens with zero attached hydrogens (tertiary/aromatic N) is 5. The van der Waals surface area contributed by atoms with Gasteiger partial charge in [0, 0.05) is 6.20 Å². The van der Waals surface area contributed by atoms with Crippen LogP contribution in [0.2, 0.25) is 0 Å². The smallest absolute Gasteiger partial charge is 0.204 e. The number of aromatic nitrogens is 4. The number of rotatable bonds is 9. The van der Waals surface area contributed by atoms with Gasteiger partial charge in [0.25, 0.3) is 0 Å². The number of para-hydroxylation sites is 1. The second kappa shape index (κ2) is 10.4. The maximum Gasteiger partial charge on any atom is 0.204 e. The van der Waals surface area contributed by atoms with E-state index in [0.29, 0.717) is 34.3 Å². The molecule has 0 aliphatic rings. The van der Waals surface area contributed by atoms with Gasteiger partial charge in [-0.25, -0.2) is 8.42 Å². The van der Waals surface area contributed by atoms with E-state index in [9.17, 15) is 13.5 Å². The van der Waals surface area contributed by atoms with Crippen molar-refractivity contribution in [3.05, 3.63) is 71.5 Å². The molecule has 192 valence electrons. The third-order valence-corrected chi connectivity index (χ3v) is 7.93. The van der Waals surface area contributed by atoms with E-state index in [4.69, 9.17) is 19.2 Å². The number of furan rings is 1. The van der Waals surface area contributed by atoms with Gasteiger partial charge in [-0.1, -0.05) is 6.07 Å². The predicted molar refractivity (Wildman–Crippen MR) is 133 cm³/mol. The number of pyridine rings is 1. The summed E-state index contributed by atoms with van der Waals surface area (Å²) in [6.07, 6.45) is -0.151. The van der Waals surface area contributed by atoms with Crippen LogP contribution in [-0.4, -0.2) is 52.7 Å². The molecule has 0 saturated heterocycles. The fourth-order valence-corrected chi connectivity index (χ4v) is 5.15. The molecule has 11 nitrogen and oxygen atoms in total. The van der Waals surface area contributed by atoms with Crippen molar-refractivity contribution in [3.63, 3.8) is 0 Å². The molecule has 0 saturated carbocycles. The zero-order valence-corrected chi connectivity index (χ0v) is 21.4. The Morgan fingerprint density at radius 2 is 1.81 bits per heavy atom. The molecule has 0 amide bonds. The van der Waals surface area contributed by atoms with Gasteiger partial charge in [-0.2, -0.15) is 5.26 Å². The lowest BCUT2D eigenvalue weighted by atomic mass is 10.1. The van der Waals surface area contributed by atoms with Crippen molar-refractivity contribution in [2.24, 2.45) is 0 Å². The molecule has 4 rings (SSSR count). The molecule has 0 aliphatic carbocycles. The average molecular weight is 524 g/mol. The molecular weight excluding hydrogens is 498 g/mol. The Balaban J connectivity index is 1.79. The molecule has 12 heteroatoms. The first kappa shape index (κ1) is 25.9. The standard InChI is InChI=1S/C25H25N5O6S/c1-15-8-11-21(36-15)25-29-28-22(30(25)23-19(34-3)6-5-7-20(23)35-4)14-37(32,33)16(2)24(31)18-10-9-17(12-26)13-27-18/h5-11,13,16,24,31H,14H2,1-4H3/t16-,24+/m0/s1. The third-order valence-electron chi connectivity index (χ3n) is 5.88. The van der Waals surface area contributed by atoms with Crippen LogP contribution >= 0.6 is 0 Å². The number of hydrogen-bond acceptors (Lipinski definition) is 10. The molecule has 0 unspecified atom stereocenters. The molecule has 37 heavy (non-hydrogen) atoms.